The molecule has 2 aromatic carbocycles. The van der Waals surface area contributed by atoms with Gasteiger partial charge in [-0.15, -0.1) is 0 Å². The molecule has 0 heterocycles. The molecule has 0 aromatic heterocycles. The van der Waals surface area contributed by atoms with Crippen molar-refractivity contribution >= 4 is 59.0 Å². The number of carbonyl (C=O) groups is 2. The number of hydrogen-bond donors (Lipinski definition) is 0. The van der Waals surface area contributed by atoms with E-state index in [0.29, 0.717) is 0 Å². The van der Waals surface area contributed by atoms with Gasteiger partial charge in [-0.05, 0) is 0 Å². The summed E-state index contributed by atoms with van der Waals surface area (Å²) in [6, 6.07) is 0. The summed E-state index contributed by atoms with van der Waals surface area (Å²) in [5.41, 5.74) is -4.97. The first-order chi connectivity index (χ1) is 13.8. The first-order valence-electron chi connectivity index (χ1n) is 7.01. The maximum absolute atomic E-state index is 13.2. The molecule has 0 spiro atoms. The Morgan fingerprint density at radius 1 is 0.467 bits per heavy atom. The number of hydrogen-bond acceptors (Lipinski definition) is 2. The van der Waals surface area contributed by atoms with Crippen LogP contribution in [0.1, 0.15) is 41.5 Å². The van der Waals surface area contributed by atoms with E-state index >= 15 is 0 Å². The van der Waals surface area contributed by atoms with Crippen LogP contribution >= 0.6 is 46.4 Å². The Labute approximate surface area is 182 Å². The molecule has 0 radical (unpaired) electrons. The fourth-order valence-electron chi connectivity index (χ4n) is 1.92. The zero-order chi connectivity index (χ0) is 23.5. The van der Waals surface area contributed by atoms with Gasteiger partial charge in [-0.1, -0.05) is 46.4 Å². The summed E-state index contributed by atoms with van der Waals surface area (Å²) in [5, 5.41) is 0. The van der Waals surface area contributed by atoms with Gasteiger partial charge in [-0.3, -0.25) is 9.59 Å². The topological polar surface area (TPSA) is 34.1 Å². The minimum atomic E-state index is -1.87. The molecular weight excluding hydrogens is 518 g/mol. The fraction of sp³-hybridized carbons (Fsp3) is 0.125. The highest BCUT2D eigenvalue weighted by Crippen LogP contribution is 2.38. The standard InChI is InChI=1S/C8H2Cl4F4.C8H2F4O2/c9-7(10)1-3(13)5(15)2(8(11)12)6(16)4(1)14;9-5-3(1-13)6(10)8(12)4(2-14)7(5)11/h7-8H;1-2H. The maximum atomic E-state index is 13.2. The lowest BCUT2D eigenvalue weighted by atomic mass is 10.1. The van der Waals surface area contributed by atoms with Gasteiger partial charge in [0.25, 0.3) is 0 Å². The van der Waals surface area contributed by atoms with Gasteiger partial charge < -0.3 is 0 Å². The molecule has 0 saturated carbocycles. The minimum Gasteiger partial charge on any atom is -0.298 e. The Hall–Kier alpha value is -1.62. The fourth-order valence-corrected chi connectivity index (χ4v) is 2.69. The monoisotopic (exact) mass is 520 g/mol. The lowest BCUT2D eigenvalue weighted by molar-refractivity contribution is 0.109. The van der Waals surface area contributed by atoms with Crippen LogP contribution in [-0.4, -0.2) is 12.6 Å². The van der Waals surface area contributed by atoms with E-state index in [1.165, 1.54) is 0 Å². The lowest BCUT2D eigenvalue weighted by Crippen LogP contribution is -2.08. The Morgan fingerprint density at radius 3 is 0.800 bits per heavy atom. The van der Waals surface area contributed by atoms with Crippen molar-refractivity contribution in [2.45, 2.75) is 9.67 Å². The van der Waals surface area contributed by atoms with Gasteiger partial charge in [0.15, 0.2) is 59.1 Å². The van der Waals surface area contributed by atoms with Crippen molar-refractivity contribution < 1.29 is 44.7 Å². The quantitative estimate of drug-likeness (QED) is 0.187. The average Bonchev–Trinajstić information content (AvgIpc) is 2.66. The van der Waals surface area contributed by atoms with Crippen LogP contribution in [0.4, 0.5) is 35.1 Å². The molecule has 14 heteroatoms. The molecule has 0 atom stereocenters. The molecule has 2 nitrogen and oxygen atoms in total. The van der Waals surface area contributed by atoms with Crippen LogP contribution in [0, 0.1) is 46.5 Å². The average molecular weight is 522 g/mol. The smallest absolute Gasteiger partial charge is 0.173 e. The first-order valence-corrected chi connectivity index (χ1v) is 8.76. The summed E-state index contributed by atoms with van der Waals surface area (Å²) in [6.45, 7) is 0. The zero-order valence-electron chi connectivity index (χ0n) is 13.7. The number of aldehydes is 2. The van der Waals surface area contributed by atoms with Crippen molar-refractivity contribution in [3.8, 4) is 0 Å². The summed E-state index contributed by atoms with van der Waals surface area (Å²) in [6.07, 6.45) is -0.739. The Balaban J connectivity index is 0.000000303. The molecule has 0 unspecified atom stereocenters. The maximum Gasteiger partial charge on any atom is 0.173 e. The molecule has 0 aliphatic rings. The molecule has 0 saturated heterocycles. The summed E-state index contributed by atoms with van der Waals surface area (Å²) >= 11 is 20.7. The molecular formula is C16H4Cl4F8O2. The highest BCUT2D eigenvalue weighted by Gasteiger charge is 2.30. The van der Waals surface area contributed by atoms with Crippen molar-refractivity contribution in [2.24, 2.45) is 0 Å². The number of rotatable bonds is 4. The molecule has 30 heavy (non-hydrogen) atoms. The van der Waals surface area contributed by atoms with Crippen LogP contribution in [0.5, 0.6) is 0 Å². The van der Waals surface area contributed by atoms with Crippen molar-refractivity contribution in [1.29, 1.82) is 0 Å². The number of benzene rings is 2. The molecule has 0 aliphatic carbocycles. The Kier molecular flexibility index (Phi) is 9.34. The number of halogens is 12. The van der Waals surface area contributed by atoms with Crippen LogP contribution in [0.3, 0.4) is 0 Å². The van der Waals surface area contributed by atoms with E-state index in [4.69, 9.17) is 46.4 Å². The molecule has 0 fully saturated rings. The molecule has 0 N–H and O–H groups in total. The molecule has 0 bridgehead atoms. The van der Waals surface area contributed by atoms with Crippen molar-refractivity contribution in [2.75, 3.05) is 0 Å². The third-order valence-corrected chi connectivity index (χ3v) is 4.21. The van der Waals surface area contributed by atoms with E-state index in [1.807, 2.05) is 0 Å². The highest BCUT2D eigenvalue weighted by molar-refractivity contribution is 6.44. The van der Waals surface area contributed by atoms with Crippen LogP contribution in [0.15, 0.2) is 0 Å². The SMILES string of the molecule is Fc1c(F)c(C(Cl)Cl)c(F)c(F)c1C(Cl)Cl.O=Cc1c(F)c(F)c(C=O)c(F)c1F. The minimum absolute atomic E-state index is 0.370. The van der Waals surface area contributed by atoms with Gasteiger partial charge in [0.2, 0.25) is 0 Å². The van der Waals surface area contributed by atoms with Crippen LogP contribution < -0.4 is 0 Å². The third kappa shape index (κ3) is 4.99. The van der Waals surface area contributed by atoms with E-state index in [2.05, 4.69) is 0 Å². The van der Waals surface area contributed by atoms with Crippen molar-refractivity contribution in [1.82, 2.24) is 0 Å². The second kappa shape index (κ2) is 10.6. The zero-order valence-corrected chi connectivity index (χ0v) is 16.7. The molecule has 0 aliphatic heterocycles. The Bertz CT molecular complexity index is 862. The van der Waals surface area contributed by atoms with E-state index < -0.39 is 78.5 Å². The summed E-state index contributed by atoms with van der Waals surface area (Å²) in [4.78, 5) is 16.6. The molecule has 0 amide bonds. The van der Waals surface area contributed by atoms with Gasteiger partial charge in [-0.25, -0.2) is 35.1 Å². The molecule has 164 valence electrons. The number of carbonyl (C=O) groups excluding carboxylic acids is 2. The van der Waals surface area contributed by atoms with Crippen LogP contribution in [0.25, 0.3) is 0 Å². The van der Waals surface area contributed by atoms with E-state index in [1.54, 1.807) is 0 Å². The van der Waals surface area contributed by atoms with Crippen molar-refractivity contribution in [3.05, 3.63) is 68.8 Å². The normalized spacial score (nSPS) is 10.9. The highest BCUT2D eigenvalue weighted by atomic mass is 35.5. The predicted octanol–water partition coefficient (Wildman–Crippen LogP) is 7.06. The van der Waals surface area contributed by atoms with Gasteiger partial charge in [0.05, 0.1) is 22.3 Å². The Morgan fingerprint density at radius 2 is 0.667 bits per heavy atom. The van der Waals surface area contributed by atoms with Crippen molar-refractivity contribution in [3.63, 3.8) is 0 Å². The van der Waals surface area contributed by atoms with Gasteiger partial charge in [0.1, 0.15) is 9.67 Å². The summed E-state index contributed by atoms with van der Waals surface area (Å²) in [7, 11) is 0. The third-order valence-electron chi connectivity index (χ3n) is 3.33. The second-order valence-electron chi connectivity index (χ2n) is 5.00. The van der Waals surface area contributed by atoms with Crippen LogP contribution in [0.2, 0.25) is 0 Å². The largest absolute Gasteiger partial charge is 0.298 e. The molecule has 2 rings (SSSR count). The van der Waals surface area contributed by atoms with E-state index in [-0.39, 0.29) is 12.6 Å². The molecule has 2 aromatic rings. The van der Waals surface area contributed by atoms with E-state index in [0.717, 1.165) is 0 Å². The summed E-state index contributed by atoms with van der Waals surface area (Å²) in [5.74, 6) is -14.3. The predicted molar refractivity (Wildman–Crippen MR) is 92.2 cm³/mol. The first kappa shape index (κ1) is 26.4. The summed E-state index contributed by atoms with van der Waals surface area (Å²) < 4.78 is 104. The van der Waals surface area contributed by atoms with Gasteiger partial charge >= 0.3 is 0 Å². The van der Waals surface area contributed by atoms with Crippen LogP contribution in [-0.2, 0) is 0 Å². The van der Waals surface area contributed by atoms with Gasteiger partial charge in [-0.2, -0.15) is 0 Å². The van der Waals surface area contributed by atoms with Gasteiger partial charge in [0, 0.05) is 0 Å². The second-order valence-corrected chi connectivity index (χ2v) is 7.20. The number of alkyl halides is 4. The van der Waals surface area contributed by atoms with E-state index in [9.17, 15) is 44.7 Å². The lowest BCUT2D eigenvalue weighted by Gasteiger charge is -2.12.